The van der Waals surface area contributed by atoms with Crippen molar-refractivity contribution >= 4 is 11.6 Å². The second-order valence-electron chi connectivity index (χ2n) is 3.71. The number of hydrogen-bond donors (Lipinski definition) is 2. The van der Waals surface area contributed by atoms with Crippen molar-refractivity contribution in [1.29, 1.82) is 0 Å². The van der Waals surface area contributed by atoms with Crippen molar-refractivity contribution in [3.8, 4) is 0 Å². The summed E-state index contributed by atoms with van der Waals surface area (Å²) in [6.45, 7) is 0.308. The van der Waals surface area contributed by atoms with E-state index in [1.165, 1.54) is 18.5 Å². The van der Waals surface area contributed by atoms with Gasteiger partial charge in [0.15, 0.2) is 0 Å². The molecule has 0 radical (unpaired) electrons. The first-order valence-corrected chi connectivity index (χ1v) is 5.42. The van der Waals surface area contributed by atoms with Gasteiger partial charge in [-0.05, 0) is 11.6 Å². The lowest BCUT2D eigenvalue weighted by atomic mass is 10.2. The molecule has 0 spiro atoms. The molecule has 0 unspecified atom stereocenters. The van der Waals surface area contributed by atoms with E-state index in [4.69, 9.17) is 10.6 Å². The number of aromatic nitrogens is 1. The van der Waals surface area contributed by atoms with Crippen LogP contribution >= 0.6 is 0 Å². The predicted octanol–water partition coefficient (Wildman–Crippen LogP) is 1.53. The van der Waals surface area contributed by atoms with Gasteiger partial charge in [-0.2, -0.15) is 0 Å². The molecule has 0 saturated carbocycles. The van der Waals surface area contributed by atoms with Gasteiger partial charge in [0, 0.05) is 12.4 Å². The average Bonchev–Trinajstić information content (AvgIpc) is 2.40. The topological polar surface area (TPSA) is 77.2 Å². The molecule has 92 valence electrons. The Hall–Kier alpha value is -2.40. The maximum Gasteiger partial charge on any atom is 0.276 e. The van der Waals surface area contributed by atoms with E-state index in [1.54, 1.807) is 0 Å². The zero-order chi connectivity index (χ0) is 12.8. The van der Waals surface area contributed by atoms with Gasteiger partial charge >= 0.3 is 0 Å². The molecule has 5 heteroatoms. The smallest absolute Gasteiger partial charge is 0.276 e. The molecule has 3 N–H and O–H groups in total. The highest BCUT2D eigenvalue weighted by molar-refractivity contribution is 5.93. The first kappa shape index (κ1) is 12.1. The molecule has 0 atom stereocenters. The summed E-state index contributed by atoms with van der Waals surface area (Å²) in [6.07, 6.45) is 2.90. The Morgan fingerprint density at radius 2 is 2.06 bits per heavy atom. The summed E-state index contributed by atoms with van der Waals surface area (Å²) in [5, 5.41) is 0. The standard InChI is InChI=1S/C13H13N3O2/c14-12-6-11(7-15-8-12)13(17)16-18-9-10-4-2-1-3-5-10/h1-8H,9,14H2,(H,16,17). The minimum Gasteiger partial charge on any atom is -0.397 e. The van der Waals surface area contributed by atoms with Crippen LogP contribution in [-0.2, 0) is 11.4 Å². The van der Waals surface area contributed by atoms with Crippen LogP contribution in [0.1, 0.15) is 15.9 Å². The van der Waals surface area contributed by atoms with Gasteiger partial charge in [0.25, 0.3) is 5.91 Å². The normalized spacial score (nSPS) is 10.0. The Morgan fingerprint density at radius 1 is 1.28 bits per heavy atom. The monoisotopic (exact) mass is 243 g/mol. The molecule has 0 fully saturated rings. The van der Waals surface area contributed by atoms with Crippen molar-refractivity contribution < 1.29 is 9.63 Å². The number of nitrogen functional groups attached to an aromatic ring is 1. The molecule has 0 bridgehead atoms. The minimum absolute atomic E-state index is 0.308. The van der Waals surface area contributed by atoms with E-state index in [0.29, 0.717) is 17.9 Å². The van der Waals surface area contributed by atoms with Gasteiger partial charge in [-0.15, -0.1) is 0 Å². The Kier molecular flexibility index (Phi) is 3.88. The van der Waals surface area contributed by atoms with E-state index >= 15 is 0 Å². The molecule has 1 aromatic carbocycles. The van der Waals surface area contributed by atoms with Crippen molar-refractivity contribution in [2.45, 2.75) is 6.61 Å². The molecule has 18 heavy (non-hydrogen) atoms. The van der Waals surface area contributed by atoms with Gasteiger partial charge < -0.3 is 5.73 Å². The molecule has 0 saturated heterocycles. The fourth-order valence-corrected chi connectivity index (χ4v) is 1.40. The fourth-order valence-electron chi connectivity index (χ4n) is 1.40. The largest absolute Gasteiger partial charge is 0.397 e. The molecule has 0 aliphatic heterocycles. The van der Waals surface area contributed by atoms with Crippen LogP contribution in [0.25, 0.3) is 0 Å². The van der Waals surface area contributed by atoms with Crippen LogP contribution in [0.15, 0.2) is 48.8 Å². The number of carbonyl (C=O) groups excluding carboxylic acids is 1. The summed E-state index contributed by atoms with van der Waals surface area (Å²) in [7, 11) is 0. The molecule has 0 aliphatic rings. The Balaban J connectivity index is 1.86. The number of anilines is 1. The average molecular weight is 243 g/mol. The van der Waals surface area contributed by atoms with Gasteiger partial charge in [-0.3, -0.25) is 14.6 Å². The van der Waals surface area contributed by atoms with E-state index in [0.717, 1.165) is 5.56 Å². The SMILES string of the molecule is Nc1cncc(C(=O)NOCc2ccccc2)c1. The van der Waals surface area contributed by atoms with E-state index < -0.39 is 0 Å². The number of pyridine rings is 1. The van der Waals surface area contributed by atoms with Gasteiger partial charge in [0.2, 0.25) is 0 Å². The molecular formula is C13H13N3O2. The van der Waals surface area contributed by atoms with E-state index in [2.05, 4.69) is 10.5 Å². The quantitative estimate of drug-likeness (QED) is 0.798. The van der Waals surface area contributed by atoms with Gasteiger partial charge in [0.1, 0.15) is 0 Å². The Morgan fingerprint density at radius 3 is 2.78 bits per heavy atom. The van der Waals surface area contributed by atoms with Crippen molar-refractivity contribution in [3.05, 3.63) is 59.9 Å². The number of nitrogens with one attached hydrogen (secondary N) is 1. The predicted molar refractivity (Wildman–Crippen MR) is 67.3 cm³/mol. The third kappa shape index (κ3) is 3.29. The minimum atomic E-state index is -0.370. The van der Waals surface area contributed by atoms with Crippen molar-refractivity contribution in [1.82, 2.24) is 10.5 Å². The molecule has 1 amide bonds. The highest BCUT2D eigenvalue weighted by Crippen LogP contribution is 2.04. The zero-order valence-electron chi connectivity index (χ0n) is 9.67. The van der Waals surface area contributed by atoms with Crippen molar-refractivity contribution in [2.75, 3.05) is 5.73 Å². The van der Waals surface area contributed by atoms with Gasteiger partial charge in [-0.25, -0.2) is 5.48 Å². The lowest BCUT2D eigenvalue weighted by Crippen LogP contribution is -2.23. The number of carbonyl (C=O) groups is 1. The highest BCUT2D eigenvalue weighted by Gasteiger charge is 2.05. The number of nitrogens with zero attached hydrogens (tertiary/aromatic N) is 1. The number of nitrogens with two attached hydrogens (primary N) is 1. The second-order valence-corrected chi connectivity index (χ2v) is 3.71. The Bertz CT molecular complexity index is 529. The number of hydrogen-bond acceptors (Lipinski definition) is 4. The molecule has 1 heterocycles. The number of hydroxylamine groups is 1. The molecule has 0 aliphatic carbocycles. The highest BCUT2D eigenvalue weighted by atomic mass is 16.6. The molecule has 5 nitrogen and oxygen atoms in total. The summed E-state index contributed by atoms with van der Waals surface area (Å²) in [5.74, 6) is -0.370. The van der Waals surface area contributed by atoms with E-state index in [9.17, 15) is 4.79 Å². The number of rotatable bonds is 4. The second kappa shape index (κ2) is 5.79. The van der Waals surface area contributed by atoms with Crippen LogP contribution in [-0.4, -0.2) is 10.9 Å². The van der Waals surface area contributed by atoms with Crippen LogP contribution in [0.3, 0.4) is 0 Å². The van der Waals surface area contributed by atoms with E-state index in [-0.39, 0.29) is 5.91 Å². The summed E-state index contributed by atoms with van der Waals surface area (Å²) in [5.41, 5.74) is 9.65. The first-order chi connectivity index (χ1) is 8.75. The molecular weight excluding hydrogens is 230 g/mol. The van der Waals surface area contributed by atoms with Crippen LogP contribution in [0, 0.1) is 0 Å². The van der Waals surface area contributed by atoms with Crippen LogP contribution in [0.5, 0.6) is 0 Å². The van der Waals surface area contributed by atoms with Crippen molar-refractivity contribution in [2.24, 2.45) is 0 Å². The molecule has 2 rings (SSSR count). The summed E-state index contributed by atoms with van der Waals surface area (Å²) in [6, 6.07) is 11.1. The van der Waals surface area contributed by atoms with Gasteiger partial charge in [0.05, 0.1) is 17.9 Å². The zero-order valence-corrected chi connectivity index (χ0v) is 9.67. The van der Waals surface area contributed by atoms with Crippen molar-refractivity contribution in [3.63, 3.8) is 0 Å². The van der Waals surface area contributed by atoms with Crippen LogP contribution < -0.4 is 11.2 Å². The fraction of sp³-hybridized carbons (Fsp3) is 0.0769. The number of amides is 1. The third-order valence-corrected chi connectivity index (χ3v) is 2.27. The maximum absolute atomic E-state index is 11.7. The molecule has 2 aromatic rings. The lowest BCUT2D eigenvalue weighted by molar-refractivity contribution is 0.0233. The lowest BCUT2D eigenvalue weighted by Gasteiger charge is -2.06. The van der Waals surface area contributed by atoms with Crippen LogP contribution in [0.2, 0.25) is 0 Å². The first-order valence-electron chi connectivity index (χ1n) is 5.42. The summed E-state index contributed by atoms with van der Waals surface area (Å²) in [4.78, 5) is 20.6. The summed E-state index contributed by atoms with van der Waals surface area (Å²) >= 11 is 0. The Labute approximate surface area is 105 Å². The van der Waals surface area contributed by atoms with E-state index in [1.807, 2.05) is 30.3 Å². The maximum atomic E-state index is 11.7. The summed E-state index contributed by atoms with van der Waals surface area (Å²) < 4.78 is 0. The van der Waals surface area contributed by atoms with Crippen LogP contribution in [0.4, 0.5) is 5.69 Å². The molecule has 1 aromatic heterocycles. The third-order valence-electron chi connectivity index (χ3n) is 2.27. The van der Waals surface area contributed by atoms with Gasteiger partial charge in [-0.1, -0.05) is 30.3 Å². The number of benzene rings is 1.